The van der Waals surface area contributed by atoms with Crippen molar-refractivity contribution in [2.75, 3.05) is 13.1 Å². The van der Waals surface area contributed by atoms with E-state index < -0.39 is 0 Å². The van der Waals surface area contributed by atoms with Crippen LogP contribution in [0.2, 0.25) is 10.0 Å². The first-order valence-electron chi connectivity index (χ1n) is 6.10. The maximum Gasteiger partial charge on any atom is 0.0687 e. The third-order valence-corrected chi connectivity index (χ3v) is 4.23. The Kier molecular flexibility index (Phi) is 4.17. The molecule has 2 rings (SSSR count). The average molecular weight is 283 g/mol. The van der Waals surface area contributed by atoms with Crippen molar-refractivity contribution in [1.82, 2.24) is 4.90 Å². The van der Waals surface area contributed by atoms with Gasteiger partial charge in [0.05, 0.1) is 11.5 Å². The van der Waals surface area contributed by atoms with Crippen molar-refractivity contribution in [1.29, 1.82) is 5.26 Å². The first kappa shape index (κ1) is 13.7. The molecule has 0 atom stereocenters. The molecule has 1 heterocycles. The summed E-state index contributed by atoms with van der Waals surface area (Å²) >= 11 is 12.1. The molecule has 0 radical (unpaired) electrons. The molecule has 0 spiro atoms. The molecule has 1 aromatic rings. The molecule has 0 bridgehead atoms. The van der Waals surface area contributed by atoms with Crippen LogP contribution < -0.4 is 0 Å². The molecular weight excluding hydrogens is 267 g/mol. The van der Waals surface area contributed by atoms with Crippen LogP contribution in [0.4, 0.5) is 0 Å². The highest BCUT2D eigenvalue weighted by atomic mass is 35.5. The van der Waals surface area contributed by atoms with Crippen LogP contribution in [-0.4, -0.2) is 18.0 Å². The number of hydrogen-bond donors (Lipinski definition) is 0. The molecule has 1 saturated heterocycles. The molecule has 2 nitrogen and oxygen atoms in total. The summed E-state index contributed by atoms with van der Waals surface area (Å²) in [6.07, 6.45) is 1.85. The highest BCUT2D eigenvalue weighted by Crippen LogP contribution is 2.31. The number of benzene rings is 1. The minimum absolute atomic E-state index is 0.152. The first-order valence-corrected chi connectivity index (χ1v) is 6.85. The van der Waals surface area contributed by atoms with Gasteiger partial charge in [-0.3, -0.25) is 4.90 Å². The molecule has 4 heteroatoms. The van der Waals surface area contributed by atoms with E-state index >= 15 is 0 Å². The molecule has 18 heavy (non-hydrogen) atoms. The number of hydrogen-bond acceptors (Lipinski definition) is 2. The van der Waals surface area contributed by atoms with E-state index in [0.717, 1.165) is 43.1 Å². The summed E-state index contributed by atoms with van der Waals surface area (Å²) in [4.78, 5) is 2.34. The van der Waals surface area contributed by atoms with E-state index in [4.69, 9.17) is 28.5 Å². The van der Waals surface area contributed by atoms with Gasteiger partial charge in [0.15, 0.2) is 0 Å². The van der Waals surface area contributed by atoms with Crippen LogP contribution in [0, 0.1) is 16.7 Å². The number of piperidine rings is 1. The van der Waals surface area contributed by atoms with Crippen molar-refractivity contribution in [3.8, 4) is 6.07 Å². The van der Waals surface area contributed by atoms with Crippen LogP contribution in [-0.2, 0) is 6.54 Å². The number of rotatable bonds is 2. The highest BCUT2D eigenvalue weighted by molar-refractivity contribution is 6.35. The highest BCUT2D eigenvalue weighted by Gasteiger charge is 2.29. The van der Waals surface area contributed by atoms with Gasteiger partial charge in [-0.25, -0.2) is 0 Å². The minimum Gasteiger partial charge on any atom is -0.299 e. The summed E-state index contributed by atoms with van der Waals surface area (Å²) in [7, 11) is 0. The van der Waals surface area contributed by atoms with Gasteiger partial charge >= 0.3 is 0 Å². The lowest BCUT2D eigenvalue weighted by Gasteiger charge is -2.35. The molecule has 1 aliphatic heterocycles. The second-order valence-electron chi connectivity index (χ2n) is 5.18. The predicted octanol–water partition coefficient (Wildman–Crippen LogP) is 4.12. The van der Waals surface area contributed by atoms with Gasteiger partial charge in [-0.1, -0.05) is 29.3 Å². The molecule has 1 aromatic carbocycles. The van der Waals surface area contributed by atoms with Gasteiger partial charge < -0.3 is 0 Å². The summed E-state index contributed by atoms with van der Waals surface area (Å²) in [5, 5.41) is 10.5. The summed E-state index contributed by atoms with van der Waals surface area (Å²) in [5.74, 6) is 0. The zero-order valence-electron chi connectivity index (χ0n) is 10.4. The fraction of sp³-hybridized carbons (Fsp3) is 0.500. The summed E-state index contributed by atoms with van der Waals surface area (Å²) in [6.45, 7) is 4.77. The Balaban J connectivity index is 1.98. The standard InChI is InChI=1S/C14H16Cl2N2/c1-14(10-17)4-6-18(7-5-14)9-11-2-3-12(15)8-13(11)16/h2-3,8H,4-7,9H2,1H3. The Labute approximate surface area is 118 Å². The van der Waals surface area contributed by atoms with Crippen molar-refractivity contribution in [3.63, 3.8) is 0 Å². The van der Waals surface area contributed by atoms with Gasteiger partial charge in [0.1, 0.15) is 0 Å². The predicted molar refractivity (Wildman–Crippen MR) is 74.7 cm³/mol. The minimum atomic E-state index is -0.152. The summed E-state index contributed by atoms with van der Waals surface area (Å²) < 4.78 is 0. The van der Waals surface area contributed by atoms with Crippen LogP contribution in [0.1, 0.15) is 25.3 Å². The van der Waals surface area contributed by atoms with Crippen LogP contribution in [0.25, 0.3) is 0 Å². The zero-order valence-corrected chi connectivity index (χ0v) is 11.9. The van der Waals surface area contributed by atoms with Crippen molar-refractivity contribution < 1.29 is 0 Å². The molecule has 96 valence electrons. The van der Waals surface area contributed by atoms with Crippen molar-refractivity contribution in [3.05, 3.63) is 33.8 Å². The van der Waals surface area contributed by atoms with E-state index in [1.807, 2.05) is 19.1 Å². The quantitative estimate of drug-likeness (QED) is 0.816. The molecular formula is C14H16Cl2N2. The van der Waals surface area contributed by atoms with E-state index in [1.54, 1.807) is 6.07 Å². The van der Waals surface area contributed by atoms with Crippen LogP contribution >= 0.6 is 23.2 Å². The van der Waals surface area contributed by atoms with Crippen LogP contribution in [0.5, 0.6) is 0 Å². The van der Waals surface area contributed by atoms with Crippen LogP contribution in [0.3, 0.4) is 0 Å². The number of halogens is 2. The van der Waals surface area contributed by atoms with Gasteiger partial charge in [0, 0.05) is 16.6 Å². The van der Waals surface area contributed by atoms with E-state index in [2.05, 4.69) is 11.0 Å². The van der Waals surface area contributed by atoms with Gasteiger partial charge in [-0.2, -0.15) is 5.26 Å². The van der Waals surface area contributed by atoms with Gasteiger partial charge in [0.2, 0.25) is 0 Å². The van der Waals surface area contributed by atoms with Gasteiger partial charge in [-0.05, 0) is 50.6 Å². The molecule has 1 aliphatic rings. The molecule has 0 unspecified atom stereocenters. The fourth-order valence-corrected chi connectivity index (χ4v) is 2.68. The third-order valence-electron chi connectivity index (χ3n) is 3.64. The summed E-state index contributed by atoms with van der Waals surface area (Å²) in [6, 6.07) is 8.04. The lowest BCUT2D eigenvalue weighted by molar-refractivity contribution is 0.150. The molecule has 0 N–H and O–H groups in total. The Bertz CT molecular complexity index is 471. The normalized spacial score (nSPS) is 19.4. The largest absolute Gasteiger partial charge is 0.299 e. The average Bonchev–Trinajstić information content (AvgIpc) is 2.36. The lowest BCUT2D eigenvalue weighted by atomic mass is 9.82. The Morgan fingerprint density at radius 1 is 1.33 bits per heavy atom. The Morgan fingerprint density at radius 2 is 2.00 bits per heavy atom. The zero-order chi connectivity index (χ0) is 13.2. The third kappa shape index (κ3) is 3.17. The number of nitrogens with zero attached hydrogens (tertiary/aromatic N) is 2. The van der Waals surface area contributed by atoms with Crippen molar-refractivity contribution >= 4 is 23.2 Å². The number of likely N-dealkylation sites (tertiary alicyclic amines) is 1. The molecule has 0 saturated carbocycles. The lowest BCUT2D eigenvalue weighted by Crippen LogP contribution is -2.37. The Hall–Kier alpha value is -0.750. The van der Waals surface area contributed by atoms with Crippen molar-refractivity contribution in [2.24, 2.45) is 5.41 Å². The van der Waals surface area contributed by atoms with Gasteiger partial charge in [-0.15, -0.1) is 0 Å². The SMILES string of the molecule is CC1(C#N)CCN(Cc2ccc(Cl)cc2Cl)CC1. The maximum absolute atomic E-state index is 9.10. The topological polar surface area (TPSA) is 27.0 Å². The molecule has 0 amide bonds. The van der Waals surface area contributed by atoms with Crippen molar-refractivity contribution in [2.45, 2.75) is 26.3 Å². The molecule has 1 fully saturated rings. The van der Waals surface area contributed by atoms with Gasteiger partial charge in [0.25, 0.3) is 0 Å². The van der Waals surface area contributed by atoms with Crippen LogP contribution in [0.15, 0.2) is 18.2 Å². The first-order chi connectivity index (χ1) is 8.52. The van der Waals surface area contributed by atoms with E-state index in [-0.39, 0.29) is 5.41 Å². The second kappa shape index (κ2) is 5.48. The molecule has 0 aromatic heterocycles. The van der Waals surface area contributed by atoms with E-state index in [9.17, 15) is 0 Å². The monoisotopic (exact) mass is 282 g/mol. The smallest absolute Gasteiger partial charge is 0.0687 e. The number of nitriles is 1. The van der Waals surface area contributed by atoms with E-state index in [0.29, 0.717) is 5.02 Å². The summed E-state index contributed by atoms with van der Waals surface area (Å²) in [5.41, 5.74) is 0.946. The van der Waals surface area contributed by atoms with E-state index in [1.165, 1.54) is 0 Å². The Morgan fingerprint density at radius 3 is 2.56 bits per heavy atom. The maximum atomic E-state index is 9.10. The second-order valence-corrected chi connectivity index (χ2v) is 6.03. The molecule has 0 aliphatic carbocycles. The fourth-order valence-electron chi connectivity index (χ4n) is 2.21.